The Balaban J connectivity index is 2.10. The molecule has 2 rings (SSSR count). The molecule has 2 aromatic rings. The van der Waals surface area contributed by atoms with E-state index in [0.717, 1.165) is 5.56 Å². The summed E-state index contributed by atoms with van der Waals surface area (Å²) < 4.78 is 27.0. The zero-order valence-corrected chi connectivity index (χ0v) is 13.1. The standard InChI is InChI=1S/C16H18N2O3S/c1-12-7-8-14(11-15(12)16(17)19)22(20,21)18-10-9-13-5-3-2-4-6-13/h2-8,11,18H,9-10H2,1H3,(H2,17,19). The van der Waals surface area contributed by atoms with Gasteiger partial charge in [0.15, 0.2) is 0 Å². The Morgan fingerprint density at radius 2 is 1.82 bits per heavy atom. The van der Waals surface area contributed by atoms with Crippen molar-refractivity contribution in [2.45, 2.75) is 18.2 Å². The SMILES string of the molecule is Cc1ccc(S(=O)(=O)NCCc2ccccc2)cc1C(N)=O. The maximum Gasteiger partial charge on any atom is 0.249 e. The summed E-state index contributed by atoms with van der Waals surface area (Å²) in [7, 11) is -3.66. The van der Waals surface area contributed by atoms with E-state index < -0.39 is 15.9 Å². The Kier molecular flexibility index (Phi) is 4.95. The lowest BCUT2D eigenvalue weighted by Crippen LogP contribution is -2.26. The third kappa shape index (κ3) is 3.93. The summed E-state index contributed by atoms with van der Waals surface area (Å²) in [6.45, 7) is 1.99. The minimum absolute atomic E-state index is 0.0416. The van der Waals surface area contributed by atoms with Crippen LogP contribution in [0.25, 0.3) is 0 Å². The third-order valence-corrected chi connectivity index (χ3v) is 4.79. The zero-order valence-electron chi connectivity index (χ0n) is 12.2. The van der Waals surface area contributed by atoms with Gasteiger partial charge < -0.3 is 5.73 Å². The largest absolute Gasteiger partial charge is 0.366 e. The fourth-order valence-corrected chi connectivity index (χ4v) is 3.15. The summed E-state index contributed by atoms with van der Waals surface area (Å²) >= 11 is 0. The van der Waals surface area contributed by atoms with Crippen molar-refractivity contribution in [3.05, 3.63) is 65.2 Å². The molecule has 0 spiro atoms. The van der Waals surface area contributed by atoms with Crippen molar-refractivity contribution in [1.29, 1.82) is 0 Å². The predicted molar refractivity (Wildman–Crippen MR) is 85.0 cm³/mol. The van der Waals surface area contributed by atoms with Gasteiger partial charge in [0.05, 0.1) is 4.90 Å². The number of nitrogens with two attached hydrogens (primary N) is 1. The number of amides is 1. The van der Waals surface area contributed by atoms with Crippen LogP contribution >= 0.6 is 0 Å². The monoisotopic (exact) mass is 318 g/mol. The number of carbonyl (C=O) groups is 1. The van der Waals surface area contributed by atoms with E-state index in [1.54, 1.807) is 13.0 Å². The number of benzene rings is 2. The first kappa shape index (κ1) is 16.2. The highest BCUT2D eigenvalue weighted by Gasteiger charge is 2.16. The van der Waals surface area contributed by atoms with Crippen LogP contribution in [0, 0.1) is 6.92 Å². The lowest BCUT2D eigenvalue weighted by molar-refractivity contribution is 0.0999. The fourth-order valence-electron chi connectivity index (χ4n) is 2.09. The van der Waals surface area contributed by atoms with E-state index in [-0.39, 0.29) is 17.0 Å². The molecule has 0 atom stereocenters. The van der Waals surface area contributed by atoms with Gasteiger partial charge in [-0.2, -0.15) is 0 Å². The van der Waals surface area contributed by atoms with Gasteiger partial charge in [-0.05, 0) is 36.6 Å². The Hall–Kier alpha value is -2.18. The average Bonchev–Trinajstić information content (AvgIpc) is 2.48. The van der Waals surface area contributed by atoms with Crippen LogP contribution in [0.1, 0.15) is 21.5 Å². The quantitative estimate of drug-likeness (QED) is 0.848. The molecule has 0 aromatic heterocycles. The minimum atomic E-state index is -3.66. The van der Waals surface area contributed by atoms with Crippen molar-refractivity contribution in [3.8, 4) is 0 Å². The van der Waals surface area contributed by atoms with Crippen molar-refractivity contribution in [3.63, 3.8) is 0 Å². The van der Waals surface area contributed by atoms with Crippen molar-refractivity contribution >= 4 is 15.9 Å². The molecule has 0 bridgehead atoms. The first-order valence-corrected chi connectivity index (χ1v) is 8.32. The molecule has 0 unspecified atom stereocenters. The molecule has 0 saturated carbocycles. The molecule has 22 heavy (non-hydrogen) atoms. The number of hydrogen-bond acceptors (Lipinski definition) is 3. The van der Waals surface area contributed by atoms with E-state index in [1.807, 2.05) is 30.3 Å². The number of aryl methyl sites for hydroxylation is 1. The molecule has 0 radical (unpaired) electrons. The molecule has 0 saturated heterocycles. The van der Waals surface area contributed by atoms with Gasteiger partial charge in [0, 0.05) is 12.1 Å². The van der Waals surface area contributed by atoms with E-state index in [0.29, 0.717) is 12.0 Å². The maximum atomic E-state index is 12.2. The Morgan fingerprint density at radius 3 is 2.45 bits per heavy atom. The number of carbonyl (C=O) groups excluding carboxylic acids is 1. The summed E-state index contributed by atoms with van der Waals surface area (Å²) in [6, 6.07) is 13.9. The van der Waals surface area contributed by atoms with Crippen LogP contribution in [0.4, 0.5) is 0 Å². The van der Waals surface area contributed by atoms with Crippen LogP contribution in [-0.4, -0.2) is 20.9 Å². The first-order chi connectivity index (χ1) is 10.4. The van der Waals surface area contributed by atoms with Gasteiger partial charge >= 0.3 is 0 Å². The predicted octanol–water partition coefficient (Wildman–Crippen LogP) is 1.61. The summed E-state index contributed by atoms with van der Waals surface area (Å²) in [4.78, 5) is 11.3. The highest BCUT2D eigenvalue weighted by molar-refractivity contribution is 7.89. The van der Waals surface area contributed by atoms with Crippen LogP contribution in [0.5, 0.6) is 0 Å². The second-order valence-corrected chi connectivity index (χ2v) is 6.74. The molecule has 6 heteroatoms. The van der Waals surface area contributed by atoms with E-state index in [9.17, 15) is 13.2 Å². The highest BCUT2D eigenvalue weighted by Crippen LogP contribution is 2.15. The molecule has 0 aliphatic heterocycles. The van der Waals surface area contributed by atoms with Gasteiger partial charge in [-0.15, -0.1) is 0 Å². The summed E-state index contributed by atoms with van der Waals surface area (Å²) in [5.74, 6) is -0.640. The van der Waals surface area contributed by atoms with Gasteiger partial charge in [0.2, 0.25) is 15.9 Å². The van der Waals surface area contributed by atoms with Crippen LogP contribution in [0.3, 0.4) is 0 Å². The topological polar surface area (TPSA) is 89.3 Å². The van der Waals surface area contributed by atoms with Gasteiger partial charge in [-0.25, -0.2) is 13.1 Å². The molecule has 1 amide bonds. The summed E-state index contributed by atoms with van der Waals surface area (Å²) in [6.07, 6.45) is 0.592. The average molecular weight is 318 g/mol. The molecule has 2 aromatic carbocycles. The van der Waals surface area contributed by atoms with Crippen molar-refractivity contribution < 1.29 is 13.2 Å². The van der Waals surface area contributed by atoms with Gasteiger partial charge in [-0.1, -0.05) is 36.4 Å². The molecule has 3 N–H and O–H groups in total. The number of hydrogen-bond donors (Lipinski definition) is 2. The fraction of sp³-hybridized carbons (Fsp3) is 0.188. The van der Waals surface area contributed by atoms with E-state index in [1.165, 1.54) is 12.1 Å². The number of nitrogens with one attached hydrogen (secondary N) is 1. The minimum Gasteiger partial charge on any atom is -0.366 e. The lowest BCUT2D eigenvalue weighted by atomic mass is 10.1. The molecule has 0 heterocycles. The number of sulfonamides is 1. The number of primary amides is 1. The third-order valence-electron chi connectivity index (χ3n) is 3.33. The van der Waals surface area contributed by atoms with Crippen molar-refractivity contribution in [2.75, 3.05) is 6.54 Å². The first-order valence-electron chi connectivity index (χ1n) is 6.84. The zero-order chi connectivity index (χ0) is 16.2. The Labute approximate surface area is 130 Å². The van der Waals surface area contributed by atoms with E-state index in [2.05, 4.69) is 4.72 Å². The lowest BCUT2D eigenvalue weighted by Gasteiger charge is -2.09. The van der Waals surface area contributed by atoms with Gasteiger partial charge in [0.25, 0.3) is 0 Å². The number of rotatable bonds is 6. The molecule has 0 aliphatic rings. The Morgan fingerprint density at radius 1 is 1.14 bits per heavy atom. The van der Waals surface area contributed by atoms with Crippen LogP contribution < -0.4 is 10.5 Å². The summed E-state index contributed by atoms with van der Waals surface area (Å²) in [5, 5.41) is 0. The maximum absolute atomic E-state index is 12.2. The normalized spacial score (nSPS) is 11.3. The van der Waals surface area contributed by atoms with Crippen LogP contribution in [0.15, 0.2) is 53.4 Å². The molecular weight excluding hydrogens is 300 g/mol. The smallest absolute Gasteiger partial charge is 0.249 e. The van der Waals surface area contributed by atoms with Crippen LogP contribution in [-0.2, 0) is 16.4 Å². The molecule has 5 nitrogen and oxygen atoms in total. The van der Waals surface area contributed by atoms with Crippen molar-refractivity contribution in [2.24, 2.45) is 5.73 Å². The molecule has 0 fully saturated rings. The molecular formula is C16H18N2O3S. The Bertz CT molecular complexity index is 771. The van der Waals surface area contributed by atoms with Gasteiger partial charge in [-0.3, -0.25) is 4.79 Å². The molecule has 116 valence electrons. The van der Waals surface area contributed by atoms with E-state index in [4.69, 9.17) is 5.73 Å². The highest BCUT2D eigenvalue weighted by atomic mass is 32.2. The summed E-state index contributed by atoms with van der Waals surface area (Å²) in [5.41, 5.74) is 7.16. The molecule has 0 aliphatic carbocycles. The van der Waals surface area contributed by atoms with Crippen LogP contribution in [0.2, 0.25) is 0 Å². The second-order valence-electron chi connectivity index (χ2n) is 4.97. The van der Waals surface area contributed by atoms with Crippen molar-refractivity contribution in [1.82, 2.24) is 4.72 Å². The van der Waals surface area contributed by atoms with Gasteiger partial charge in [0.1, 0.15) is 0 Å². The van der Waals surface area contributed by atoms with E-state index >= 15 is 0 Å². The second kappa shape index (κ2) is 6.72.